The Morgan fingerprint density at radius 3 is 3.00 bits per heavy atom. The number of nitrogens with one attached hydrogen (secondary N) is 1. The van der Waals surface area contributed by atoms with Crippen LogP contribution in [0.1, 0.15) is 12.8 Å². The van der Waals surface area contributed by atoms with Crippen LogP contribution in [0.3, 0.4) is 0 Å². The van der Waals surface area contributed by atoms with Gasteiger partial charge in [-0.2, -0.15) is 0 Å². The van der Waals surface area contributed by atoms with Crippen LogP contribution >= 0.6 is 11.8 Å². The van der Waals surface area contributed by atoms with Gasteiger partial charge in [0.2, 0.25) is 5.91 Å². The maximum Gasteiger partial charge on any atom is 0.231 e. The molecule has 1 aliphatic heterocycles. The van der Waals surface area contributed by atoms with Gasteiger partial charge in [0.05, 0.1) is 11.5 Å². The fourth-order valence-corrected chi connectivity index (χ4v) is 4.23. The van der Waals surface area contributed by atoms with Crippen molar-refractivity contribution in [3.8, 4) is 0 Å². The topological polar surface area (TPSA) is 81.1 Å². The number of nitrogens with zero attached hydrogens (tertiary/aromatic N) is 2. The molecule has 100 valence electrons. The molecule has 2 rings (SSSR count). The summed E-state index contributed by atoms with van der Waals surface area (Å²) in [5.74, 6) is 0.0832. The van der Waals surface area contributed by atoms with Crippen LogP contribution in [0.4, 0.5) is 0 Å². The second kappa shape index (κ2) is 5.31. The highest BCUT2D eigenvalue weighted by Crippen LogP contribution is 2.18. The number of imidazole rings is 1. The van der Waals surface area contributed by atoms with Crippen LogP contribution in [0.25, 0.3) is 0 Å². The Labute approximate surface area is 110 Å². The third-order valence-electron chi connectivity index (χ3n) is 2.76. The lowest BCUT2D eigenvalue weighted by Crippen LogP contribution is -2.39. The molecule has 1 aromatic heterocycles. The van der Waals surface area contributed by atoms with Crippen LogP contribution in [0.5, 0.6) is 0 Å². The average Bonchev–Trinajstić information content (AvgIpc) is 2.83. The van der Waals surface area contributed by atoms with Gasteiger partial charge in [-0.1, -0.05) is 11.8 Å². The molecular formula is C10H15N3O3S2. The molecule has 0 radical (unpaired) electrons. The zero-order valence-corrected chi connectivity index (χ0v) is 11.6. The lowest BCUT2D eigenvalue weighted by molar-refractivity contribution is -0.118. The Hall–Kier alpha value is -1.02. The van der Waals surface area contributed by atoms with Crippen molar-refractivity contribution in [2.24, 2.45) is 7.05 Å². The largest absolute Gasteiger partial charge is 0.339 e. The van der Waals surface area contributed by atoms with Gasteiger partial charge in [-0.3, -0.25) is 4.79 Å². The Kier molecular flexibility index (Phi) is 3.96. The molecule has 1 atom stereocenters. The van der Waals surface area contributed by atoms with Gasteiger partial charge in [0.15, 0.2) is 15.0 Å². The molecule has 0 unspecified atom stereocenters. The quantitative estimate of drug-likeness (QED) is 0.799. The van der Waals surface area contributed by atoms with Crippen LogP contribution in [0.15, 0.2) is 17.6 Å². The van der Waals surface area contributed by atoms with Gasteiger partial charge in [0.25, 0.3) is 0 Å². The number of rotatable bonds is 4. The van der Waals surface area contributed by atoms with Crippen molar-refractivity contribution in [2.75, 3.05) is 11.5 Å². The Balaban J connectivity index is 1.85. The Bertz CT molecular complexity index is 538. The minimum absolute atomic E-state index is 0.171. The van der Waals surface area contributed by atoms with Gasteiger partial charge in [-0.05, 0) is 12.8 Å². The van der Waals surface area contributed by atoms with Crippen LogP contribution in [-0.2, 0) is 21.7 Å². The fraction of sp³-hybridized carbons (Fsp3) is 0.600. The molecule has 0 spiro atoms. The molecule has 1 N–H and O–H groups in total. The number of carbonyl (C=O) groups excluding carboxylic acids is 1. The lowest BCUT2D eigenvalue weighted by Gasteiger charge is -2.11. The number of aromatic nitrogens is 2. The van der Waals surface area contributed by atoms with Crippen LogP contribution in [0.2, 0.25) is 0 Å². The van der Waals surface area contributed by atoms with E-state index in [2.05, 4.69) is 10.3 Å². The zero-order valence-electron chi connectivity index (χ0n) is 10.00. The molecule has 0 saturated carbocycles. The maximum atomic E-state index is 11.7. The van der Waals surface area contributed by atoms with Crippen molar-refractivity contribution in [3.05, 3.63) is 12.4 Å². The van der Waals surface area contributed by atoms with E-state index in [-0.39, 0.29) is 17.4 Å². The smallest absolute Gasteiger partial charge is 0.231 e. The number of amides is 1. The predicted octanol–water partition coefficient (Wildman–Crippen LogP) is 0.163. The molecule has 6 nitrogen and oxygen atoms in total. The molecule has 0 aliphatic carbocycles. The summed E-state index contributed by atoms with van der Waals surface area (Å²) < 4.78 is 24.9. The average molecular weight is 289 g/mol. The number of hydrogen-bond acceptors (Lipinski definition) is 5. The predicted molar refractivity (Wildman–Crippen MR) is 68.9 cm³/mol. The molecule has 0 aromatic carbocycles. The number of thioether (sulfide) groups is 1. The molecule has 2 heterocycles. The Morgan fingerprint density at radius 1 is 1.67 bits per heavy atom. The van der Waals surface area contributed by atoms with E-state index in [1.165, 1.54) is 11.8 Å². The molecule has 18 heavy (non-hydrogen) atoms. The number of hydrogen-bond donors (Lipinski definition) is 1. The van der Waals surface area contributed by atoms with E-state index in [9.17, 15) is 13.2 Å². The van der Waals surface area contributed by atoms with E-state index in [0.717, 1.165) is 5.16 Å². The second-order valence-electron chi connectivity index (χ2n) is 4.17. The molecule has 1 aliphatic rings. The first kappa shape index (κ1) is 13.4. The highest BCUT2D eigenvalue weighted by atomic mass is 32.2. The standard InChI is InChI=1S/C10H15N3O3S2/c1-13-5-4-11-10(13)17-7-8(14)12-9-3-2-6-18(9,15)16/h4-5,9H,2-3,6-7H2,1H3,(H,12,14)/t9-/m0/s1. The van der Waals surface area contributed by atoms with E-state index >= 15 is 0 Å². The van der Waals surface area contributed by atoms with E-state index < -0.39 is 15.2 Å². The maximum absolute atomic E-state index is 11.7. The monoisotopic (exact) mass is 289 g/mol. The summed E-state index contributed by atoms with van der Waals surface area (Å²) in [7, 11) is -1.28. The van der Waals surface area contributed by atoms with E-state index in [4.69, 9.17) is 0 Å². The van der Waals surface area contributed by atoms with Crippen molar-refractivity contribution in [2.45, 2.75) is 23.4 Å². The first-order valence-corrected chi connectivity index (χ1v) is 8.30. The van der Waals surface area contributed by atoms with Crippen molar-refractivity contribution in [3.63, 3.8) is 0 Å². The number of carbonyl (C=O) groups is 1. The van der Waals surface area contributed by atoms with Crippen molar-refractivity contribution >= 4 is 27.5 Å². The van der Waals surface area contributed by atoms with Gasteiger partial charge in [-0.15, -0.1) is 0 Å². The van der Waals surface area contributed by atoms with Gasteiger partial charge in [0, 0.05) is 19.4 Å². The zero-order chi connectivity index (χ0) is 13.2. The molecule has 8 heteroatoms. The van der Waals surface area contributed by atoms with Gasteiger partial charge in [0.1, 0.15) is 5.37 Å². The molecule has 1 amide bonds. The van der Waals surface area contributed by atoms with E-state index in [0.29, 0.717) is 12.8 Å². The third-order valence-corrected chi connectivity index (χ3v) is 5.90. The molecule has 1 aromatic rings. The van der Waals surface area contributed by atoms with Crippen LogP contribution in [0, 0.1) is 0 Å². The van der Waals surface area contributed by atoms with Crippen molar-refractivity contribution < 1.29 is 13.2 Å². The lowest BCUT2D eigenvalue weighted by atomic mass is 10.3. The first-order chi connectivity index (χ1) is 8.49. The van der Waals surface area contributed by atoms with Crippen molar-refractivity contribution in [1.82, 2.24) is 14.9 Å². The summed E-state index contributed by atoms with van der Waals surface area (Å²) in [5.41, 5.74) is 0. The summed E-state index contributed by atoms with van der Waals surface area (Å²) in [5, 5.41) is 2.60. The van der Waals surface area contributed by atoms with Crippen LogP contribution in [-0.4, -0.2) is 40.8 Å². The minimum Gasteiger partial charge on any atom is -0.339 e. The van der Waals surface area contributed by atoms with Gasteiger partial charge >= 0.3 is 0 Å². The number of sulfone groups is 1. The van der Waals surface area contributed by atoms with Gasteiger partial charge < -0.3 is 9.88 Å². The highest BCUT2D eigenvalue weighted by Gasteiger charge is 2.32. The summed E-state index contributed by atoms with van der Waals surface area (Å²) >= 11 is 1.29. The van der Waals surface area contributed by atoms with Crippen LogP contribution < -0.4 is 5.32 Å². The normalized spacial score (nSPS) is 21.9. The number of aryl methyl sites for hydroxylation is 1. The van der Waals surface area contributed by atoms with E-state index in [1.807, 2.05) is 11.6 Å². The third kappa shape index (κ3) is 3.05. The first-order valence-electron chi connectivity index (χ1n) is 5.60. The molecular weight excluding hydrogens is 274 g/mol. The fourth-order valence-electron chi connectivity index (χ4n) is 1.80. The SMILES string of the molecule is Cn1ccnc1SCC(=O)N[C@@H]1CCCS1(=O)=O. The summed E-state index contributed by atoms with van der Waals surface area (Å²) in [6.07, 6.45) is 4.59. The molecule has 1 fully saturated rings. The summed E-state index contributed by atoms with van der Waals surface area (Å²) in [4.78, 5) is 15.7. The minimum atomic E-state index is -3.12. The molecule has 1 saturated heterocycles. The summed E-state index contributed by atoms with van der Waals surface area (Å²) in [6, 6.07) is 0. The second-order valence-corrected chi connectivity index (χ2v) is 7.42. The Morgan fingerprint density at radius 2 is 2.44 bits per heavy atom. The summed E-state index contributed by atoms with van der Waals surface area (Å²) in [6.45, 7) is 0. The van der Waals surface area contributed by atoms with Gasteiger partial charge in [-0.25, -0.2) is 13.4 Å². The highest BCUT2D eigenvalue weighted by molar-refractivity contribution is 7.99. The van der Waals surface area contributed by atoms with E-state index in [1.54, 1.807) is 12.4 Å². The van der Waals surface area contributed by atoms with Crippen molar-refractivity contribution in [1.29, 1.82) is 0 Å². The molecule has 0 bridgehead atoms.